The molecule has 1 aliphatic heterocycles. The maximum absolute atomic E-state index is 11.8. The van der Waals surface area contributed by atoms with E-state index in [1.807, 2.05) is 20.8 Å². The molecule has 0 saturated carbocycles. The molecule has 0 unspecified atom stereocenters. The van der Waals surface area contributed by atoms with Crippen molar-refractivity contribution in [1.29, 1.82) is 0 Å². The third-order valence-corrected chi connectivity index (χ3v) is 3.22. The lowest BCUT2D eigenvalue weighted by molar-refractivity contribution is 0.343. The average Bonchev–Trinajstić information content (AvgIpc) is 2.51. The molecule has 0 atom stereocenters. The monoisotopic (exact) mass is 198 g/mol. The van der Waals surface area contributed by atoms with Gasteiger partial charge in [0.2, 0.25) is 0 Å². The van der Waals surface area contributed by atoms with E-state index in [-0.39, 0.29) is 11.1 Å². The molecule has 0 saturated heterocycles. The topological polar surface area (TPSA) is 37.8 Å². The molecule has 2 rings (SSSR count). The number of aromatic amines is 1. The highest BCUT2D eigenvalue weighted by Gasteiger charge is 2.24. The van der Waals surface area contributed by atoms with Crippen LogP contribution in [0.15, 0.2) is 4.79 Å². The summed E-state index contributed by atoms with van der Waals surface area (Å²) in [5, 5.41) is 3.19. The Morgan fingerprint density at radius 2 is 2.08 bits per heavy atom. The second-order valence-corrected chi connectivity index (χ2v) is 5.36. The molecule has 13 heavy (non-hydrogen) atoms. The number of aromatic nitrogens is 2. The van der Waals surface area contributed by atoms with Crippen LogP contribution in [0.3, 0.4) is 0 Å². The molecule has 1 aliphatic rings. The minimum Gasteiger partial charge on any atom is -0.298 e. The van der Waals surface area contributed by atoms with Crippen molar-refractivity contribution in [2.45, 2.75) is 37.8 Å². The number of hydrogen-bond acceptors (Lipinski definition) is 2. The minimum absolute atomic E-state index is 0.133. The van der Waals surface area contributed by atoms with E-state index in [1.165, 1.54) is 0 Å². The largest absolute Gasteiger partial charge is 0.298 e. The molecule has 4 heteroatoms. The van der Waals surface area contributed by atoms with Gasteiger partial charge in [-0.25, -0.2) is 4.68 Å². The predicted octanol–water partition coefficient (Wildman–Crippen LogP) is 1.68. The summed E-state index contributed by atoms with van der Waals surface area (Å²) >= 11 is 1.80. The normalized spacial score (nSPS) is 16.2. The van der Waals surface area contributed by atoms with E-state index >= 15 is 0 Å². The summed E-state index contributed by atoms with van der Waals surface area (Å²) in [6, 6.07) is 0. The quantitative estimate of drug-likeness (QED) is 0.688. The Kier molecular flexibility index (Phi) is 1.84. The lowest BCUT2D eigenvalue weighted by atomic mass is 10.1. The average molecular weight is 198 g/mol. The summed E-state index contributed by atoms with van der Waals surface area (Å²) in [6.07, 6.45) is 0. The van der Waals surface area contributed by atoms with Gasteiger partial charge in [0.25, 0.3) is 5.56 Å². The van der Waals surface area contributed by atoms with Gasteiger partial charge in [0, 0.05) is 11.5 Å². The highest BCUT2D eigenvalue weighted by Crippen LogP contribution is 2.26. The molecule has 0 aromatic carbocycles. The highest BCUT2D eigenvalue weighted by molar-refractivity contribution is 7.98. The first-order valence-electron chi connectivity index (χ1n) is 4.41. The number of rotatable bonds is 0. The number of H-pyrrole nitrogens is 1. The molecule has 0 bridgehead atoms. The molecule has 1 aromatic heterocycles. The lowest BCUT2D eigenvalue weighted by Gasteiger charge is -2.19. The Balaban J connectivity index is 2.58. The summed E-state index contributed by atoms with van der Waals surface area (Å²) in [4.78, 5) is 11.8. The second-order valence-electron chi connectivity index (χ2n) is 4.37. The zero-order chi connectivity index (χ0) is 9.64. The second kappa shape index (κ2) is 2.67. The fraction of sp³-hybridized carbons (Fsp3) is 0.667. The maximum atomic E-state index is 11.8. The molecule has 2 heterocycles. The number of thioether (sulfide) groups is 1. The van der Waals surface area contributed by atoms with Crippen molar-refractivity contribution in [2.24, 2.45) is 0 Å². The number of nitrogens with zero attached hydrogens (tertiary/aromatic N) is 1. The van der Waals surface area contributed by atoms with E-state index in [4.69, 9.17) is 0 Å². The predicted molar refractivity (Wildman–Crippen MR) is 55.0 cm³/mol. The van der Waals surface area contributed by atoms with E-state index in [1.54, 1.807) is 16.4 Å². The van der Waals surface area contributed by atoms with Crippen LogP contribution >= 0.6 is 11.8 Å². The minimum atomic E-state index is -0.133. The Bertz CT molecular complexity index is 383. The Hall–Kier alpha value is -0.640. The molecule has 0 aliphatic carbocycles. The number of nitrogens with one attached hydrogen (secondary N) is 1. The van der Waals surface area contributed by atoms with Crippen molar-refractivity contribution >= 4 is 11.8 Å². The van der Waals surface area contributed by atoms with E-state index in [9.17, 15) is 4.79 Å². The van der Waals surface area contributed by atoms with Crippen LogP contribution < -0.4 is 5.56 Å². The fourth-order valence-corrected chi connectivity index (χ4v) is 2.56. The van der Waals surface area contributed by atoms with Gasteiger partial charge in [-0.1, -0.05) is 0 Å². The third-order valence-electron chi connectivity index (χ3n) is 2.24. The van der Waals surface area contributed by atoms with Gasteiger partial charge >= 0.3 is 0 Å². The molecule has 1 N–H and O–H groups in total. The fourth-order valence-electron chi connectivity index (χ4n) is 1.51. The van der Waals surface area contributed by atoms with Gasteiger partial charge < -0.3 is 0 Å². The smallest absolute Gasteiger partial charge is 0.271 e. The van der Waals surface area contributed by atoms with E-state index in [0.29, 0.717) is 0 Å². The van der Waals surface area contributed by atoms with Crippen LogP contribution in [0.2, 0.25) is 0 Å². The van der Waals surface area contributed by atoms with Gasteiger partial charge in [-0.05, 0) is 20.8 Å². The highest BCUT2D eigenvalue weighted by atomic mass is 32.2. The van der Waals surface area contributed by atoms with Crippen molar-refractivity contribution in [3.05, 3.63) is 21.6 Å². The Morgan fingerprint density at radius 3 is 2.62 bits per heavy atom. The molecule has 0 fully saturated rings. The zero-order valence-electron chi connectivity index (χ0n) is 8.18. The van der Waals surface area contributed by atoms with Crippen molar-refractivity contribution in [2.75, 3.05) is 0 Å². The molecule has 0 spiro atoms. The van der Waals surface area contributed by atoms with E-state index in [0.717, 1.165) is 22.8 Å². The van der Waals surface area contributed by atoms with Crippen LogP contribution in [0.1, 0.15) is 32.0 Å². The summed E-state index contributed by atoms with van der Waals surface area (Å²) in [6.45, 7) is 6.10. The van der Waals surface area contributed by atoms with Crippen molar-refractivity contribution < 1.29 is 0 Å². The van der Waals surface area contributed by atoms with E-state index < -0.39 is 0 Å². The van der Waals surface area contributed by atoms with Gasteiger partial charge in [-0.15, -0.1) is 0 Å². The Labute approximate surface area is 81.5 Å². The van der Waals surface area contributed by atoms with Gasteiger partial charge in [-0.2, -0.15) is 11.8 Å². The summed E-state index contributed by atoms with van der Waals surface area (Å²) in [5.74, 6) is 1.82. The zero-order valence-corrected chi connectivity index (χ0v) is 8.99. The SMILES string of the molecule is CC(C)(C)n1[nH]c2c(c1=O)CSC2. The standard InChI is InChI=1S/C9H14N2OS/c1-9(2,3)11-8(12)6-4-13-5-7(6)10-11/h10H,4-5H2,1-3H3. The third kappa shape index (κ3) is 1.33. The van der Waals surface area contributed by atoms with Crippen LogP contribution in [-0.4, -0.2) is 9.78 Å². The van der Waals surface area contributed by atoms with Crippen molar-refractivity contribution in [3.8, 4) is 0 Å². The molecular formula is C9H14N2OS. The summed E-state index contributed by atoms with van der Waals surface area (Å²) in [5.41, 5.74) is 2.11. The molecule has 72 valence electrons. The van der Waals surface area contributed by atoms with Gasteiger partial charge in [-0.3, -0.25) is 9.89 Å². The van der Waals surface area contributed by atoms with Crippen LogP contribution in [0.25, 0.3) is 0 Å². The van der Waals surface area contributed by atoms with E-state index in [2.05, 4.69) is 5.10 Å². The van der Waals surface area contributed by atoms with Crippen LogP contribution in [0.5, 0.6) is 0 Å². The first-order chi connectivity index (χ1) is 6.00. The summed E-state index contributed by atoms with van der Waals surface area (Å²) < 4.78 is 1.73. The van der Waals surface area contributed by atoms with Gasteiger partial charge in [0.15, 0.2) is 0 Å². The first kappa shape index (κ1) is 8.94. The molecular weight excluding hydrogens is 184 g/mol. The van der Waals surface area contributed by atoms with Gasteiger partial charge in [0.05, 0.1) is 16.8 Å². The van der Waals surface area contributed by atoms with Gasteiger partial charge in [0.1, 0.15) is 0 Å². The molecule has 0 amide bonds. The van der Waals surface area contributed by atoms with Crippen LogP contribution in [-0.2, 0) is 17.0 Å². The molecule has 0 radical (unpaired) electrons. The van der Waals surface area contributed by atoms with Crippen LogP contribution in [0.4, 0.5) is 0 Å². The molecule has 3 nitrogen and oxygen atoms in total. The lowest BCUT2D eigenvalue weighted by Crippen LogP contribution is -2.33. The Morgan fingerprint density at radius 1 is 1.38 bits per heavy atom. The molecule has 1 aromatic rings. The maximum Gasteiger partial charge on any atom is 0.271 e. The summed E-state index contributed by atoms with van der Waals surface area (Å²) in [7, 11) is 0. The van der Waals surface area contributed by atoms with Crippen molar-refractivity contribution in [1.82, 2.24) is 9.78 Å². The van der Waals surface area contributed by atoms with Crippen molar-refractivity contribution in [3.63, 3.8) is 0 Å². The van der Waals surface area contributed by atoms with Crippen LogP contribution in [0, 0.1) is 0 Å². The first-order valence-corrected chi connectivity index (χ1v) is 5.56. The number of hydrogen-bond donors (Lipinski definition) is 1. The number of fused-ring (bicyclic) bond motifs is 1.